The standard InChI is InChI=1S/C24H25N3O5/c1-15(2)22(26-23(28)16-9-18(30-3)11-19(10-16)31-4)24(29)32-14-17-13-27-8-6-5-7-21(27)20(17)12-25/h5-11,13,15,22H,14H2,1-4H3,(H,26,28). The molecule has 0 aliphatic carbocycles. The average molecular weight is 435 g/mol. The number of nitriles is 1. The van der Waals surface area contributed by atoms with E-state index in [0.29, 0.717) is 28.2 Å². The maximum atomic E-state index is 12.8. The molecule has 3 rings (SSSR count). The summed E-state index contributed by atoms with van der Waals surface area (Å²) in [7, 11) is 2.98. The fraction of sp³-hybridized carbons (Fsp3) is 0.292. The number of benzene rings is 1. The molecule has 0 spiro atoms. The van der Waals surface area contributed by atoms with E-state index >= 15 is 0 Å². The minimum atomic E-state index is -0.873. The summed E-state index contributed by atoms with van der Waals surface area (Å²) >= 11 is 0. The van der Waals surface area contributed by atoms with Crippen molar-refractivity contribution in [2.45, 2.75) is 26.5 Å². The Bertz CT molecular complexity index is 1150. The molecule has 1 amide bonds. The fourth-order valence-electron chi connectivity index (χ4n) is 3.32. The van der Waals surface area contributed by atoms with Crippen LogP contribution in [0.4, 0.5) is 0 Å². The van der Waals surface area contributed by atoms with E-state index in [-0.39, 0.29) is 12.5 Å². The Morgan fingerprint density at radius 1 is 1.12 bits per heavy atom. The van der Waals surface area contributed by atoms with Crippen molar-refractivity contribution in [2.24, 2.45) is 5.92 Å². The summed E-state index contributed by atoms with van der Waals surface area (Å²) in [5.74, 6) is -0.332. The molecule has 1 N–H and O–H groups in total. The summed E-state index contributed by atoms with van der Waals surface area (Å²) in [5, 5.41) is 12.2. The van der Waals surface area contributed by atoms with Gasteiger partial charge in [-0.05, 0) is 30.2 Å². The van der Waals surface area contributed by atoms with Crippen molar-refractivity contribution < 1.29 is 23.8 Å². The van der Waals surface area contributed by atoms with Gasteiger partial charge in [-0.3, -0.25) is 4.79 Å². The quantitative estimate of drug-likeness (QED) is 0.545. The number of esters is 1. The van der Waals surface area contributed by atoms with Crippen LogP contribution in [0, 0.1) is 17.2 Å². The smallest absolute Gasteiger partial charge is 0.329 e. The maximum absolute atomic E-state index is 12.8. The molecule has 1 unspecified atom stereocenters. The molecule has 32 heavy (non-hydrogen) atoms. The van der Waals surface area contributed by atoms with Gasteiger partial charge in [0.2, 0.25) is 0 Å². The molecule has 2 aromatic heterocycles. The zero-order valence-corrected chi connectivity index (χ0v) is 18.4. The normalized spacial score (nSPS) is 11.6. The number of carbonyl (C=O) groups is 2. The third-order valence-electron chi connectivity index (χ3n) is 5.06. The van der Waals surface area contributed by atoms with Crippen molar-refractivity contribution >= 4 is 17.4 Å². The second-order valence-corrected chi connectivity index (χ2v) is 7.54. The lowest BCUT2D eigenvalue weighted by Gasteiger charge is -2.21. The summed E-state index contributed by atoms with van der Waals surface area (Å²) < 4.78 is 17.7. The van der Waals surface area contributed by atoms with Gasteiger partial charge in [-0.2, -0.15) is 5.26 Å². The van der Waals surface area contributed by atoms with Crippen LogP contribution in [0.1, 0.15) is 35.3 Å². The SMILES string of the molecule is COc1cc(OC)cc(C(=O)NC(C(=O)OCc2cn3ccccc3c2C#N)C(C)C)c1. The van der Waals surface area contributed by atoms with Crippen LogP contribution in [0.25, 0.3) is 5.52 Å². The molecule has 8 nitrogen and oxygen atoms in total. The van der Waals surface area contributed by atoms with Gasteiger partial charge in [0.05, 0.1) is 25.3 Å². The van der Waals surface area contributed by atoms with Gasteiger partial charge in [-0.15, -0.1) is 0 Å². The number of hydrogen-bond donors (Lipinski definition) is 1. The van der Waals surface area contributed by atoms with E-state index in [1.807, 2.05) is 38.2 Å². The number of rotatable bonds is 8. The number of pyridine rings is 1. The van der Waals surface area contributed by atoms with Gasteiger partial charge in [0.25, 0.3) is 5.91 Å². The lowest BCUT2D eigenvalue weighted by atomic mass is 10.0. The first-order chi connectivity index (χ1) is 15.4. The molecule has 1 atom stereocenters. The predicted octanol–water partition coefficient (Wildman–Crippen LogP) is 3.33. The summed E-state index contributed by atoms with van der Waals surface area (Å²) in [6.45, 7) is 3.55. The summed E-state index contributed by atoms with van der Waals surface area (Å²) in [6, 6.07) is 11.6. The van der Waals surface area contributed by atoms with Gasteiger partial charge in [0, 0.05) is 29.6 Å². The highest BCUT2D eigenvalue weighted by molar-refractivity contribution is 5.97. The molecule has 8 heteroatoms. The minimum absolute atomic E-state index is 0.0739. The number of hydrogen-bond acceptors (Lipinski definition) is 6. The van der Waals surface area contributed by atoms with E-state index < -0.39 is 17.9 Å². The third kappa shape index (κ3) is 4.83. The number of amides is 1. The Morgan fingerprint density at radius 3 is 2.41 bits per heavy atom. The molecule has 0 bridgehead atoms. The zero-order chi connectivity index (χ0) is 23.3. The van der Waals surface area contributed by atoms with Crippen molar-refractivity contribution in [1.82, 2.24) is 9.72 Å². The molecule has 0 aliphatic heterocycles. The van der Waals surface area contributed by atoms with Gasteiger partial charge >= 0.3 is 5.97 Å². The van der Waals surface area contributed by atoms with Crippen LogP contribution in [-0.2, 0) is 16.1 Å². The second-order valence-electron chi connectivity index (χ2n) is 7.54. The first kappa shape index (κ1) is 22.7. The highest BCUT2D eigenvalue weighted by Gasteiger charge is 2.27. The Labute approximate surface area is 186 Å². The monoisotopic (exact) mass is 435 g/mol. The highest BCUT2D eigenvalue weighted by atomic mass is 16.5. The van der Waals surface area contributed by atoms with E-state index in [1.165, 1.54) is 14.2 Å². The average Bonchev–Trinajstić information content (AvgIpc) is 3.17. The van der Waals surface area contributed by atoms with Crippen molar-refractivity contribution in [3.8, 4) is 17.6 Å². The van der Waals surface area contributed by atoms with Crippen molar-refractivity contribution in [1.29, 1.82) is 5.26 Å². The van der Waals surface area contributed by atoms with E-state index in [4.69, 9.17) is 14.2 Å². The van der Waals surface area contributed by atoms with E-state index in [2.05, 4.69) is 11.4 Å². The number of carbonyl (C=O) groups excluding carboxylic acids is 2. The van der Waals surface area contributed by atoms with Crippen LogP contribution in [0.5, 0.6) is 11.5 Å². The van der Waals surface area contributed by atoms with Gasteiger partial charge in [0.1, 0.15) is 30.2 Å². The van der Waals surface area contributed by atoms with Gasteiger partial charge in [-0.25, -0.2) is 4.79 Å². The van der Waals surface area contributed by atoms with E-state index in [0.717, 1.165) is 5.52 Å². The first-order valence-electron chi connectivity index (χ1n) is 10.1. The van der Waals surface area contributed by atoms with Crippen LogP contribution in [0.3, 0.4) is 0 Å². The van der Waals surface area contributed by atoms with Gasteiger partial charge in [-0.1, -0.05) is 19.9 Å². The molecule has 0 saturated heterocycles. The lowest BCUT2D eigenvalue weighted by molar-refractivity contribution is -0.148. The number of fused-ring (bicyclic) bond motifs is 1. The van der Waals surface area contributed by atoms with Crippen LogP contribution in [0.2, 0.25) is 0 Å². The largest absolute Gasteiger partial charge is 0.497 e. The van der Waals surface area contributed by atoms with Crippen LogP contribution in [0.15, 0.2) is 48.8 Å². The fourth-order valence-corrected chi connectivity index (χ4v) is 3.32. The van der Waals surface area contributed by atoms with Gasteiger partial charge in [0.15, 0.2) is 0 Å². The minimum Gasteiger partial charge on any atom is -0.497 e. The molecule has 3 aromatic rings. The molecule has 0 saturated carbocycles. The molecule has 1 aromatic carbocycles. The van der Waals surface area contributed by atoms with E-state index in [9.17, 15) is 14.9 Å². The molecular weight excluding hydrogens is 410 g/mol. The van der Waals surface area contributed by atoms with Crippen LogP contribution in [-0.4, -0.2) is 36.5 Å². The molecule has 0 aliphatic rings. The molecule has 2 heterocycles. The maximum Gasteiger partial charge on any atom is 0.329 e. The summed E-state index contributed by atoms with van der Waals surface area (Å²) in [6.07, 6.45) is 3.58. The van der Waals surface area contributed by atoms with Crippen LogP contribution < -0.4 is 14.8 Å². The lowest BCUT2D eigenvalue weighted by Crippen LogP contribution is -2.45. The van der Waals surface area contributed by atoms with Crippen molar-refractivity contribution in [2.75, 3.05) is 14.2 Å². The number of aromatic nitrogens is 1. The zero-order valence-electron chi connectivity index (χ0n) is 18.4. The Kier molecular flexibility index (Phi) is 7.00. The molecular formula is C24H25N3O5. The molecule has 166 valence electrons. The Morgan fingerprint density at radius 2 is 1.81 bits per heavy atom. The second kappa shape index (κ2) is 9.88. The number of nitrogens with one attached hydrogen (secondary N) is 1. The summed E-state index contributed by atoms with van der Waals surface area (Å²) in [5.41, 5.74) is 2.08. The highest BCUT2D eigenvalue weighted by Crippen LogP contribution is 2.23. The molecule has 0 fully saturated rings. The number of ether oxygens (including phenoxy) is 3. The van der Waals surface area contributed by atoms with Gasteiger partial charge < -0.3 is 23.9 Å². The first-order valence-corrected chi connectivity index (χ1v) is 10.1. The summed E-state index contributed by atoms with van der Waals surface area (Å²) in [4.78, 5) is 25.6. The van der Waals surface area contributed by atoms with Crippen molar-refractivity contribution in [3.63, 3.8) is 0 Å². The van der Waals surface area contributed by atoms with E-state index in [1.54, 1.807) is 28.8 Å². The topological polar surface area (TPSA) is 102 Å². The third-order valence-corrected chi connectivity index (χ3v) is 5.06. The number of methoxy groups -OCH3 is 2. The molecule has 0 radical (unpaired) electrons. The Hall–Kier alpha value is -3.99. The predicted molar refractivity (Wildman–Crippen MR) is 118 cm³/mol. The number of nitrogens with zero attached hydrogens (tertiary/aromatic N) is 2. The van der Waals surface area contributed by atoms with Crippen molar-refractivity contribution in [3.05, 3.63) is 65.5 Å². The Balaban J connectivity index is 1.74. The van der Waals surface area contributed by atoms with Crippen LogP contribution >= 0.6 is 0 Å².